The van der Waals surface area contributed by atoms with Crippen molar-refractivity contribution in [3.63, 3.8) is 0 Å². The standard InChI is InChI=1S/C19H14ClF3N2O2/c1-10-15(17(26)12-4-8-14(20)9-5-12)16(25-18(27)24-10)11-2-6-13(7-3-11)19(21,22)23/h2-9,16H,1H3,(H2,24,25,27). The lowest BCUT2D eigenvalue weighted by Gasteiger charge is -2.29. The highest BCUT2D eigenvalue weighted by Gasteiger charge is 2.33. The molecule has 2 aromatic rings. The van der Waals surface area contributed by atoms with E-state index in [1.807, 2.05) is 0 Å². The number of amides is 2. The molecule has 0 saturated heterocycles. The van der Waals surface area contributed by atoms with Crippen LogP contribution in [0.3, 0.4) is 0 Å². The Hall–Kier alpha value is -2.80. The zero-order valence-electron chi connectivity index (χ0n) is 14.0. The predicted octanol–water partition coefficient (Wildman–Crippen LogP) is 4.87. The lowest BCUT2D eigenvalue weighted by atomic mass is 9.89. The molecular formula is C19H14ClF3N2O2. The molecule has 1 heterocycles. The van der Waals surface area contributed by atoms with Gasteiger partial charge in [-0.25, -0.2) is 4.79 Å². The van der Waals surface area contributed by atoms with Gasteiger partial charge in [-0.1, -0.05) is 23.7 Å². The first-order valence-electron chi connectivity index (χ1n) is 7.92. The van der Waals surface area contributed by atoms with Crippen molar-refractivity contribution in [3.05, 3.63) is 81.5 Å². The van der Waals surface area contributed by atoms with Crippen LogP contribution >= 0.6 is 11.6 Å². The van der Waals surface area contributed by atoms with Gasteiger partial charge >= 0.3 is 12.2 Å². The number of alkyl halides is 3. The average Bonchev–Trinajstić information content (AvgIpc) is 2.60. The number of hydrogen-bond acceptors (Lipinski definition) is 2. The van der Waals surface area contributed by atoms with Crippen molar-refractivity contribution < 1.29 is 22.8 Å². The average molecular weight is 395 g/mol. The number of hydrogen-bond donors (Lipinski definition) is 2. The van der Waals surface area contributed by atoms with Crippen LogP contribution in [0.15, 0.2) is 59.8 Å². The molecule has 8 heteroatoms. The summed E-state index contributed by atoms with van der Waals surface area (Å²) in [5.74, 6) is -0.360. The molecule has 1 atom stereocenters. The van der Waals surface area contributed by atoms with Crippen LogP contribution < -0.4 is 10.6 Å². The minimum atomic E-state index is -4.47. The monoisotopic (exact) mass is 394 g/mol. The highest BCUT2D eigenvalue weighted by atomic mass is 35.5. The van der Waals surface area contributed by atoms with E-state index in [1.165, 1.54) is 12.1 Å². The molecular weight excluding hydrogens is 381 g/mol. The molecule has 0 aliphatic carbocycles. The number of carbonyl (C=O) groups is 2. The van der Waals surface area contributed by atoms with Gasteiger partial charge in [-0.2, -0.15) is 13.2 Å². The maximum Gasteiger partial charge on any atom is 0.416 e. The van der Waals surface area contributed by atoms with Gasteiger partial charge in [0.15, 0.2) is 5.78 Å². The number of ketones is 1. The van der Waals surface area contributed by atoms with E-state index >= 15 is 0 Å². The first-order chi connectivity index (χ1) is 12.7. The van der Waals surface area contributed by atoms with Crippen LogP contribution in [0.4, 0.5) is 18.0 Å². The maximum atomic E-state index is 13.0. The summed E-state index contributed by atoms with van der Waals surface area (Å²) in [6, 6.07) is 9.15. The first kappa shape index (κ1) is 19.0. The quantitative estimate of drug-likeness (QED) is 0.730. The fraction of sp³-hybridized carbons (Fsp3) is 0.158. The van der Waals surface area contributed by atoms with Gasteiger partial charge in [0.05, 0.1) is 11.6 Å². The van der Waals surface area contributed by atoms with Crippen molar-refractivity contribution in [3.8, 4) is 0 Å². The normalized spacial score (nSPS) is 17.4. The van der Waals surface area contributed by atoms with Crippen LogP contribution in [0.1, 0.15) is 34.5 Å². The molecule has 0 bridgehead atoms. The molecule has 0 aromatic heterocycles. The van der Waals surface area contributed by atoms with Crippen LogP contribution in [0, 0.1) is 0 Å². The number of halogens is 4. The summed E-state index contributed by atoms with van der Waals surface area (Å²) in [7, 11) is 0. The Bertz CT molecular complexity index is 919. The maximum absolute atomic E-state index is 13.0. The molecule has 0 radical (unpaired) electrons. The minimum absolute atomic E-state index is 0.247. The number of rotatable bonds is 3. The zero-order valence-corrected chi connectivity index (χ0v) is 14.8. The Morgan fingerprint density at radius 2 is 1.63 bits per heavy atom. The third-order valence-electron chi connectivity index (χ3n) is 4.19. The predicted molar refractivity (Wildman–Crippen MR) is 94.3 cm³/mol. The van der Waals surface area contributed by atoms with Gasteiger partial charge in [0, 0.05) is 21.9 Å². The third kappa shape index (κ3) is 3.98. The van der Waals surface area contributed by atoms with E-state index in [2.05, 4.69) is 10.6 Å². The summed E-state index contributed by atoms with van der Waals surface area (Å²) in [5, 5.41) is 5.59. The molecule has 4 nitrogen and oxygen atoms in total. The smallest absolute Gasteiger partial charge is 0.327 e. The van der Waals surface area contributed by atoms with Crippen LogP contribution in [0.2, 0.25) is 5.02 Å². The molecule has 1 unspecified atom stereocenters. The molecule has 3 rings (SSSR count). The second kappa shape index (κ2) is 7.08. The molecule has 1 aliphatic heterocycles. The van der Waals surface area contributed by atoms with Gasteiger partial charge in [-0.15, -0.1) is 0 Å². The minimum Gasteiger partial charge on any atom is -0.327 e. The second-order valence-corrected chi connectivity index (χ2v) is 6.46. The number of allylic oxidation sites excluding steroid dienone is 1. The molecule has 27 heavy (non-hydrogen) atoms. The van der Waals surface area contributed by atoms with E-state index in [0.29, 0.717) is 21.8 Å². The summed E-state index contributed by atoms with van der Waals surface area (Å²) in [6.45, 7) is 1.57. The van der Waals surface area contributed by atoms with Crippen LogP contribution in [-0.4, -0.2) is 11.8 Å². The van der Waals surface area contributed by atoms with E-state index in [1.54, 1.807) is 31.2 Å². The van der Waals surface area contributed by atoms with Crippen LogP contribution in [0.25, 0.3) is 0 Å². The molecule has 140 valence electrons. The first-order valence-corrected chi connectivity index (χ1v) is 8.30. The van der Waals surface area contributed by atoms with Crippen molar-refractivity contribution in [2.75, 3.05) is 0 Å². The number of Topliss-reactive ketones (excluding diaryl/α,β-unsaturated/α-hetero) is 1. The molecule has 2 N–H and O–H groups in total. The fourth-order valence-corrected chi connectivity index (χ4v) is 2.99. The fourth-order valence-electron chi connectivity index (χ4n) is 2.87. The Balaban J connectivity index is 2.01. The van der Waals surface area contributed by atoms with E-state index in [0.717, 1.165) is 12.1 Å². The lowest BCUT2D eigenvalue weighted by Crippen LogP contribution is -2.45. The molecule has 2 amide bonds. The Labute approximate surface area is 158 Å². The van der Waals surface area contributed by atoms with Gasteiger partial charge in [0.1, 0.15) is 0 Å². The Morgan fingerprint density at radius 3 is 2.19 bits per heavy atom. The van der Waals surface area contributed by atoms with E-state index in [4.69, 9.17) is 11.6 Å². The molecule has 1 aliphatic rings. The summed E-state index contributed by atoms with van der Waals surface area (Å²) in [5.41, 5.74) is 0.496. The molecule has 0 fully saturated rings. The third-order valence-corrected chi connectivity index (χ3v) is 4.44. The van der Waals surface area contributed by atoms with Crippen LogP contribution in [-0.2, 0) is 6.18 Å². The Kier molecular flexibility index (Phi) is 4.97. The number of carbonyl (C=O) groups excluding carboxylic acids is 2. The Morgan fingerprint density at radius 1 is 1.04 bits per heavy atom. The largest absolute Gasteiger partial charge is 0.416 e. The lowest BCUT2D eigenvalue weighted by molar-refractivity contribution is -0.137. The van der Waals surface area contributed by atoms with E-state index in [9.17, 15) is 22.8 Å². The highest BCUT2D eigenvalue weighted by Crippen LogP contribution is 2.33. The van der Waals surface area contributed by atoms with Crippen molar-refractivity contribution in [1.82, 2.24) is 10.6 Å². The number of nitrogens with one attached hydrogen (secondary N) is 2. The SMILES string of the molecule is CC1=C(C(=O)c2ccc(Cl)cc2)C(c2ccc(C(F)(F)F)cc2)NC(=O)N1. The van der Waals surface area contributed by atoms with Gasteiger partial charge in [-0.05, 0) is 48.9 Å². The van der Waals surface area contributed by atoms with Crippen molar-refractivity contribution >= 4 is 23.4 Å². The van der Waals surface area contributed by atoms with Gasteiger partial charge < -0.3 is 10.6 Å². The molecule has 0 spiro atoms. The van der Waals surface area contributed by atoms with Gasteiger partial charge in [-0.3, -0.25) is 4.79 Å². The van der Waals surface area contributed by atoms with Gasteiger partial charge in [0.25, 0.3) is 0 Å². The number of benzene rings is 2. The second-order valence-electron chi connectivity index (χ2n) is 6.03. The van der Waals surface area contributed by atoms with Crippen LogP contribution in [0.5, 0.6) is 0 Å². The summed E-state index contributed by atoms with van der Waals surface area (Å²) in [4.78, 5) is 24.8. The van der Waals surface area contributed by atoms with E-state index in [-0.39, 0.29) is 11.4 Å². The van der Waals surface area contributed by atoms with Gasteiger partial charge in [0.2, 0.25) is 0 Å². The summed E-state index contributed by atoms with van der Waals surface area (Å²) in [6.07, 6.45) is -4.47. The highest BCUT2D eigenvalue weighted by molar-refractivity contribution is 6.30. The van der Waals surface area contributed by atoms with Crippen molar-refractivity contribution in [2.45, 2.75) is 19.1 Å². The van der Waals surface area contributed by atoms with Crippen molar-refractivity contribution in [2.24, 2.45) is 0 Å². The zero-order chi connectivity index (χ0) is 19.8. The number of urea groups is 1. The topological polar surface area (TPSA) is 58.2 Å². The molecule has 0 saturated carbocycles. The van der Waals surface area contributed by atoms with E-state index < -0.39 is 23.8 Å². The summed E-state index contributed by atoms with van der Waals surface area (Å²) >= 11 is 5.84. The molecule has 2 aromatic carbocycles. The van der Waals surface area contributed by atoms with Crippen molar-refractivity contribution in [1.29, 1.82) is 0 Å². The summed E-state index contributed by atoms with van der Waals surface area (Å²) < 4.78 is 38.4.